The molecule has 110 valence electrons. The van der Waals surface area contributed by atoms with Crippen LogP contribution in [0.1, 0.15) is 5.56 Å². The summed E-state index contributed by atoms with van der Waals surface area (Å²) in [6, 6.07) is 5.71. The largest absolute Gasteiger partial charge is 0.573 e. The van der Waals surface area contributed by atoms with E-state index in [2.05, 4.69) is 15.2 Å². The second kappa shape index (κ2) is 6.51. The van der Waals surface area contributed by atoms with Crippen LogP contribution in [-0.2, 0) is 6.54 Å². The van der Waals surface area contributed by atoms with E-state index in [0.717, 1.165) is 11.3 Å². The summed E-state index contributed by atoms with van der Waals surface area (Å²) in [5.74, 6) is -0.229. The number of ether oxygens (including phenoxy) is 1. The molecule has 1 heterocycles. The van der Waals surface area contributed by atoms with E-state index >= 15 is 0 Å². The van der Waals surface area contributed by atoms with Crippen LogP contribution in [-0.4, -0.2) is 23.2 Å². The first kappa shape index (κ1) is 16.2. The molecule has 1 N–H and O–H groups in total. The van der Waals surface area contributed by atoms with Crippen LogP contribution in [0.3, 0.4) is 0 Å². The van der Waals surface area contributed by atoms with Crippen LogP contribution in [0.5, 0.6) is 5.75 Å². The summed E-state index contributed by atoms with van der Waals surface area (Å²) in [6.45, 7) is 0.480. The van der Waals surface area contributed by atoms with Gasteiger partial charge in [0, 0.05) is 13.2 Å². The van der Waals surface area contributed by atoms with Crippen LogP contribution < -0.4 is 10.1 Å². The monoisotopic (exact) mass is 307 g/mol. The minimum Gasteiger partial charge on any atom is -0.406 e. The summed E-state index contributed by atoms with van der Waals surface area (Å²) in [4.78, 5) is 0. The van der Waals surface area contributed by atoms with Crippen LogP contribution >= 0.6 is 12.4 Å². The van der Waals surface area contributed by atoms with Gasteiger partial charge in [0.2, 0.25) is 0 Å². The molecule has 8 heteroatoms. The van der Waals surface area contributed by atoms with Gasteiger partial charge in [0.1, 0.15) is 5.75 Å². The molecule has 20 heavy (non-hydrogen) atoms. The molecule has 2 aromatic rings. The van der Waals surface area contributed by atoms with Crippen LogP contribution in [0.4, 0.5) is 18.9 Å². The molecule has 0 unspecified atom stereocenters. The van der Waals surface area contributed by atoms with Crippen molar-refractivity contribution in [1.29, 1.82) is 0 Å². The maximum Gasteiger partial charge on any atom is 0.573 e. The Hall–Kier alpha value is -1.89. The molecule has 0 atom stereocenters. The smallest absolute Gasteiger partial charge is 0.406 e. The van der Waals surface area contributed by atoms with Crippen molar-refractivity contribution in [2.24, 2.45) is 0 Å². The molecule has 2 rings (SSSR count). The van der Waals surface area contributed by atoms with E-state index in [-0.39, 0.29) is 18.2 Å². The highest BCUT2D eigenvalue weighted by molar-refractivity contribution is 5.85. The van der Waals surface area contributed by atoms with Crippen molar-refractivity contribution in [2.45, 2.75) is 12.9 Å². The fourth-order valence-electron chi connectivity index (χ4n) is 1.56. The predicted octanol–water partition coefficient (Wildman–Crippen LogP) is 3.29. The first-order chi connectivity index (χ1) is 8.96. The average molecular weight is 308 g/mol. The van der Waals surface area contributed by atoms with E-state index < -0.39 is 6.36 Å². The molecule has 4 nitrogen and oxygen atoms in total. The zero-order valence-corrected chi connectivity index (χ0v) is 11.3. The molecule has 0 bridgehead atoms. The van der Waals surface area contributed by atoms with Gasteiger partial charge in [-0.15, -0.1) is 25.6 Å². The molecule has 0 saturated heterocycles. The Balaban J connectivity index is 0.00000200. The van der Waals surface area contributed by atoms with Crippen molar-refractivity contribution >= 4 is 18.1 Å². The fraction of sp³-hybridized carbons (Fsp3) is 0.250. The molecule has 0 aliphatic rings. The van der Waals surface area contributed by atoms with E-state index in [9.17, 15) is 13.2 Å². The van der Waals surface area contributed by atoms with Crippen LogP contribution in [0, 0.1) is 0 Å². The molecule has 0 aliphatic carbocycles. The van der Waals surface area contributed by atoms with E-state index in [1.165, 1.54) is 12.1 Å². The first-order valence-corrected chi connectivity index (χ1v) is 5.51. The number of nitrogens with zero attached hydrogens (tertiary/aromatic N) is 2. The highest BCUT2D eigenvalue weighted by atomic mass is 35.5. The van der Waals surface area contributed by atoms with Crippen molar-refractivity contribution in [2.75, 3.05) is 12.4 Å². The number of anilines is 1. The summed E-state index contributed by atoms with van der Waals surface area (Å²) in [7, 11) is 1.78. The van der Waals surface area contributed by atoms with Crippen LogP contribution in [0.25, 0.3) is 0 Å². The van der Waals surface area contributed by atoms with Gasteiger partial charge in [0.15, 0.2) is 0 Å². The lowest BCUT2D eigenvalue weighted by atomic mass is 10.2. The molecular formula is C12H13ClF3N3O. The van der Waals surface area contributed by atoms with Crippen molar-refractivity contribution in [1.82, 2.24) is 9.78 Å². The fourth-order valence-corrected chi connectivity index (χ4v) is 1.56. The van der Waals surface area contributed by atoms with E-state index in [1.54, 1.807) is 36.3 Å². The standard InChI is InChI=1S/C12H12F3N3O.ClH/c1-16-10-6-17-18(8-10)7-9-2-4-11(5-3-9)19-12(13,14)15;/h2-6,8,16H,7H2,1H3;1H. The molecule has 0 spiro atoms. The maximum absolute atomic E-state index is 12.0. The van der Waals surface area contributed by atoms with Gasteiger partial charge in [0.05, 0.1) is 18.4 Å². The number of alkyl halides is 3. The lowest BCUT2D eigenvalue weighted by molar-refractivity contribution is -0.274. The Kier molecular flexibility index (Phi) is 5.26. The van der Waals surface area contributed by atoms with Crippen molar-refractivity contribution in [3.05, 3.63) is 42.2 Å². The number of hydrogen-bond donors (Lipinski definition) is 1. The lowest BCUT2D eigenvalue weighted by Crippen LogP contribution is -2.17. The second-order valence-corrected chi connectivity index (χ2v) is 3.87. The third kappa shape index (κ3) is 4.65. The molecule has 0 aliphatic heterocycles. The van der Waals surface area contributed by atoms with E-state index in [4.69, 9.17) is 0 Å². The summed E-state index contributed by atoms with van der Waals surface area (Å²) in [5, 5.41) is 7.05. The van der Waals surface area contributed by atoms with Crippen molar-refractivity contribution in [3.8, 4) is 5.75 Å². The summed E-state index contributed by atoms with van der Waals surface area (Å²) < 4.78 is 41.4. The number of nitrogens with one attached hydrogen (secondary N) is 1. The van der Waals surface area contributed by atoms with Gasteiger partial charge in [-0.1, -0.05) is 12.1 Å². The molecule has 1 aromatic heterocycles. The quantitative estimate of drug-likeness (QED) is 0.942. The minimum absolute atomic E-state index is 0. The zero-order chi connectivity index (χ0) is 13.9. The van der Waals surface area contributed by atoms with Crippen molar-refractivity contribution in [3.63, 3.8) is 0 Å². The highest BCUT2D eigenvalue weighted by Gasteiger charge is 2.30. The molecule has 1 aromatic carbocycles. The molecular weight excluding hydrogens is 295 g/mol. The number of hydrogen-bond acceptors (Lipinski definition) is 3. The van der Waals surface area contributed by atoms with Gasteiger partial charge in [-0.2, -0.15) is 5.10 Å². The van der Waals surface area contributed by atoms with Gasteiger partial charge >= 0.3 is 6.36 Å². The molecule has 0 amide bonds. The molecule has 0 fully saturated rings. The molecule has 0 radical (unpaired) electrons. The minimum atomic E-state index is -4.66. The molecule has 0 saturated carbocycles. The van der Waals surface area contributed by atoms with Gasteiger partial charge < -0.3 is 10.1 Å². The van der Waals surface area contributed by atoms with E-state index in [0.29, 0.717) is 6.54 Å². The van der Waals surface area contributed by atoms with Crippen LogP contribution in [0.15, 0.2) is 36.7 Å². The maximum atomic E-state index is 12.0. The lowest BCUT2D eigenvalue weighted by Gasteiger charge is -2.09. The number of halogens is 4. The first-order valence-electron chi connectivity index (χ1n) is 5.51. The number of aromatic nitrogens is 2. The van der Waals surface area contributed by atoms with Crippen LogP contribution in [0.2, 0.25) is 0 Å². The van der Waals surface area contributed by atoms with Gasteiger partial charge in [-0.3, -0.25) is 4.68 Å². The summed E-state index contributed by atoms with van der Waals surface area (Å²) in [5.41, 5.74) is 1.71. The third-order valence-electron chi connectivity index (χ3n) is 2.42. The third-order valence-corrected chi connectivity index (χ3v) is 2.42. The Morgan fingerprint density at radius 3 is 2.40 bits per heavy atom. The summed E-state index contributed by atoms with van der Waals surface area (Å²) >= 11 is 0. The Morgan fingerprint density at radius 2 is 1.90 bits per heavy atom. The summed E-state index contributed by atoms with van der Waals surface area (Å²) in [6.07, 6.45) is -1.19. The predicted molar refractivity (Wildman–Crippen MR) is 71.2 cm³/mol. The van der Waals surface area contributed by atoms with Gasteiger partial charge in [-0.25, -0.2) is 0 Å². The second-order valence-electron chi connectivity index (χ2n) is 3.87. The number of benzene rings is 1. The average Bonchev–Trinajstić information content (AvgIpc) is 2.77. The Morgan fingerprint density at radius 1 is 1.25 bits per heavy atom. The van der Waals surface area contributed by atoms with Crippen molar-refractivity contribution < 1.29 is 17.9 Å². The Labute approximate surface area is 120 Å². The van der Waals surface area contributed by atoms with Gasteiger partial charge in [0.25, 0.3) is 0 Å². The highest BCUT2D eigenvalue weighted by Crippen LogP contribution is 2.22. The SMILES string of the molecule is CNc1cnn(Cc2ccc(OC(F)(F)F)cc2)c1.Cl. The van der Waals surface area contributed by atoms with Gasteiger partial charge in [-0.05, 0) is 17.7 Å². The normalized spacial score (nSPS) is 10.8. The number of rotatable bonds is 4. The Bertz CT molecular complexity index is 540. The zero-order valence-electron chi connectivity index (χ0n) is 10.5. The van der Waals surface area contributed by atoms with E-state index in [1.807, 2.05) is 0 Å². The topological polar surface area (TPSA) is 39.1 Å².